The molecule has 1 rings (SSSR count). The average Bonchev–Trinajstić information content (AvgIpc) is 2.76. The van der Waals surface area contributed by atoms with Crippen molar-refractivity contribution in [1.82, 2.24) is 16.0 Å². The van der Waals surface area contributed by atoms with Gasteiger partial charge in [0, 0.05) is 13.0 Å². The highest BCUT2D eigenvalue weighted by Crippen LogP contribution is 2.12. The van der Waals surface area contributed by atoms with Gasteiger partial charge in [-0.05, 0) is 56.3 Å². The van der Waals surface area contributed by atoms with Gasteiger partial charge in [-0.25, -0.2) is 4.79 Å². The predicted octanol–water partition coefficient (Wildman–Crippen LogP) is -1.29. The molecule has 0 heterocycles. The van der Waals surface area contributed by atoms with Crippen molar-refractivity contribution in [3.8, 4) is 5.75 Å². The zero-order valence-corrected chi connectivity index (χ0v) is 18.5. The molecule has 0 aliphatic rings. The number of phenolic OH excluding ortho intramolecular Hbond substituents is 1. The van der Waals surface area contributed by atoms with Crippen LogP contribution in [-0.4, -0.2) is 65.2 Å². The summed E-state index contributed by atoms with van der Waals surface area (Å²) in [4.78, 5) is 37.1. The number of nitrogens with two attached hydrogens (primary N) is 3. The second-order valence-corrected chi connectivity index (χ2v) is 7.70. The zero-order valence-electron chi connectivity index (χ0n) is 18.5. The van der Waals surface area contributed by atoms with Gasteiger partial charge in [-0.1, -0.05) is 12.1 Å². The van der Waals surface area contributed by atoms with Gasteiger partial charge in [0.1, 0.15) is 17.8 Å². The van der Waals surface area contributed by atoms with E-state index in [2.05, 4.69) is 16.0 Å². The van der Waals surface area contributed by atoms with Crippen LogP contribution in [0.4, 0.5) is 0 Å². The highest BCUT2D eigenvalue weighted by atomic mass is 16.4. The summed E-state index contributed by atoms with van der Waals surface area (Å²) in [5.41, 5.74) is 17.2. The lowest BCUT2D eigenvalue weighted by atomic mass is 10.0. The van der Waals surface area contributed by atoms with Crippen LogP contribution in [0.5, 0.6) is 5.75 Å². The molecular formula is C21H35N7O5. The molecule has 0 bridgehead atoms. The summed E-state index contributed by atoms with van der Waals surface area (Å²) in [5.74, 6) is -2.52. The Bertz CT molecular complexity index is 788. The maximum Gasteiger partial charge on any atom is 0.326 e. The fourth-order valence-electron chi connectivity index (χ4n) is 3.05. The molecule has 2 amide bonds. The lowest BCUT2D eigenvalue weighted by Crippen LogP contribution is -2.55. The first-order valence-corrected chi connectivity index (χ1v) is 10.8. The number of aliphatic carboxylic acids is 1. The third-order valence-corrected chi connectivity index (χ3v) is 4.91. The van der Waals surface area contributed by atoms with E-state index >= 15 is 0 Å². The van der Waals surface area contributed by atoms with Gasteiger partial charge >= 0.3 is 5.97 Å². The standard InChI is InChI=1S/C21H35N7O5/c22-10-2-1-5-16(20(32)33)27-19(31)17(12-13-6-8-14(29)9-7-13)28-18(30)15(23)4-3-11-26-21(24)25/h6-9,15-17,29H,1-5,10-12,22-23H2,(H,27,31)(H,28,30)(H,32,33)(H4,24,25,26)/t15-,16-,17-/m0/s1. The van der Waals surface area contributed by atoms with Crippen LogP contribution in [0.2, 0.25) is 0 Å². The number of carbonyl (C=O) groups is 3. The number of carbonyl (C=O) groups excluding carboxylic acids is 2. The number of carboxylic acid groups (broad SMARTS) is 1. The van der Waals surface area contributed by atoms with Gasteiger partial charge in [0.15, 0.2) is 5.96 Å². The summed E-state index contributed by atoms with van der Waals surface area (Å²) in [7, 11) is 0. The Morgan fingerprint density at radius 1 is 0.970 bits per heavy atom. The smallest absolute Gasteiger partial charge is 0.326 e. The third-order valence-electron chi connectivity index (χ3n) is 4.91. The highest BCUT2D eigenvalue weighted by Gasteiger charge is 2.28. The number of carboxylic acids is 1. The second kappa shape index (κ2) is 14.6. The van der Waals surface area contributed by atoms with Crippen LogP contribution in [0, 0.1) is 5.41 Å². The number of guanidine groups is 1. The van der Waals surface area contributed by atoms with E-state index in [0.29, 0.717) is 37.9 Å². The minimum Gasteiger partial charge on any atom is -0.508 e. The quantitative estimate of drug-likeness (QED) is 0.0850. The van der Waals surface area contributed by atoms with Crippen LogP contribution < -0.4 is 33.2 Å². The Morgan fingerprint density at radius 2 is 1.61 bits per heavy atom. The zero-order chi connectivity index (χ0) is 24.8. The van der Waals surface area contributed by atoms with E-state index in [0.717, 1.165) is 0 Å². The number of benzene rings is 1. The maximum atomic E-state index is 12.9. The molecule has 12 nitrogen and oxygen atoms in total. The largest absolute Gasteiger partial charge is 0.508 e. The molecule has 0 saturated heterocycles. The molecule has 0 saturated carbocycles. The van der Waals surface area contributed by atoms with E-state index in [4.69, 9.17) is 22.6 Å². The Kier molecular flexibility index (Phi) is 12.3. The molecule has 0 spiro atoms. The molecule has 0 fully saturated rings. The highest BCUT2D eigenvalue weighted by molar-refractivity contribution is 5.92. The lowest BCUT2D eigenvalue weighted by Gasteiger charge is -2.23. The first-order valence-electron chi connectivity index (χ1n) is 10.8. The molecule has 12 heteroatoms. The van der Waals surface area contributed by atoms with E-state index in [1.54, 1.807) is 12.1 Å². The Labute approximate surface area is 192 Å². The van der Waals surface area contributed by atoms with Crippen LogP contribution in [0.3, 0.4) is 0 Å². The Balaban J connectivity index is 2.85. The topological polar surface area (TPSA) is 230 Å². The van der Waals surface area contributed by atoms with Crippen molar-refractivity contribution in [2.24, 2.45) is 17.2 Å². The van der Waals surface area contributed by atoms with Crippen molar-refractivity contribution in [2.45, 2.75) is 56.7 Å². The Hall–Kier alpha value is -3.38. The van der Waals surface area contributed by atoms with Crippen LogP contribution in [0.1, 0.15) is 37.7 Å². The minimum atomic E-state index is -1.18. The molecule has 0 aliphatic carbocycles. The molecule has 1 aromatic carbocycles. The van der Waals surface area contributed by atoms with Crippen molar-refractivity contribution in [3.63, 3.8) is 0 Å². The van der Waals surface area contributed by atoms with Gasteiger partial charge in [0.05, 0.1) is 6.04 Å². The fourth-order valence-corrected chi connectivity index (χ4v) is 3.05. The monoisotopic (exact) mass is 465 g/mol. The van der Waals surface area contributed by atoms with E-state index in [1.165, 1.54) is 12.1 Å². The molecule has 3 atom stereocenters. The summed E-state index contributed by atoms with van der Waals surface area (Å²) in [5, 5.41) is 33.7. The van der Waals surface area contributed by atoms with Gasteiger partial charge in [0.2, 0.25) is 11.8 Å². The molecule has 184 valence electrons. The number of aromatic hydroxyl groups is 1. The number of hydrogen-bond donors (Lipinski definition) is 9. The first-order chi connectivity index (χ1) is 15.6. The second-order valence-electron chi connectivity index (χ2n) is 7.70. The van der Waals surface area contributed by atoms with Crippen LogP contribution in [-0.2, 0) is 20.8 Å². The lowest BCUT2D eigenvalue weighted by molar-refractivity contribution is -0.142. The summed E-state index contributed by atoms with van der Waals surface area (Å²) >= 11 is 0. The average molecular weight is 466 g/mol. The van der Waals surface area contributed by atoms with E-state index < -0.39 is 35.9 Å². The van der Waals surface area contributed by atoms with Crippen molar-refractivity contribution >= 4 is 23.7 Å². The molecule has 0 aliphatic heterocycles. The normalized spacial score (nSPS) is 13.4. The predicted molar refractivity (Wildman–Crippen MR) is 123 cm³/mol. The molecule has 33 heavy (non-hydrogen) atoms. The van der Waals surface area contributed by atoms with E-state index in [9.17, 15) is 24.6 Å². The van der Waals surface area contributed by atoms with Crippen molar-refractivity contribution in [2.75, 3.05) is 13.1 Å². The van der Waals surface area contributed by atoms with Crippen molar-refractivity contribution in [3.05, 3.63) is 29.8 Å². The minimum absolute atomic E-state index is 0.0517. The van der Waals surface area contributed by atoms with Gasteiger partial charge in [-0.15, -0.1) is 0 Å². The Morgan fingerprint density at radius 3 is 2.18 bits per heavy atom. The molecular weight excluding hydrogens is 430 g/mol. The summed E-state index contributed by atoms with van der Waals surface area (Å²) in [6, 6.07) is 3.01. The number of rotatable bonds is 15. The van der Waals surface area contributed by atoms with Crippen LogP contribution in [0.15, 0.2) is 24.3 Å². The van der Waals surface area contributed by atoms with Crippen LogP contribution >= 0.6 is 0 Å². The fraction of sp³-hybridized carbons (Fsp3) is 0.524. The summed E-state index contributed by atoms with van der Waals surface area (Å²) in [6.45, 7) is 0.788. The number of hydrogen-bond acceptors (Lipinski definition) is 7. The van der Waals surface area contributed by atoms with Crippen molar-refractivity contribution < 1.29 is 24.6 Å². The molecule has 0 unspecified atom stereocenters. The van der Waals surface area contributed by atoms with Gasteiger partial charge in [-0.2, -0.15) is 0 Å². The number of phenols is 1. The SMILES string of the molecule is N=C(N)NCCC[C@H](N)C(=O)N[C@@H](Cc1ccc(O)cc1)C(=O)N[C@@H](CCCCN)C(=O)O. The first kappa shape index (κ1) is 27.7. The molecule has 12 N–H and O–H groups in total. The number of nitrogens with one attached hydrogen (secondary N) is 4. The molecule has 0 aromatic heterocycles. The number of amides is 2. The molecule has 1 aromatic rings. The van der Waals surface area contributed by atoms with Gasteiger partial charge < -0.3 is 43.4 Å². The van der Waals surface area contributed by atoms with Crippen molar-refractivity contribution in [1.29, 1.82) is 5.41 Å². The third kappa shape index (κ3) is 11.2. The van der Waals surface area contributed by atoms with E-state index in [1.807, 2.05) is 0 Å². The van der Waals surface area contributed by atoms with E-state index in [-0.39, 0.29) is 31.0 Å². The number of unbranched alkanes of at least 4 members (excludes halogenated alkanes) is 1. The summed E-state index contributed by atoms with van der Waals surface area (Å²) < 4.78 is 0. The maximum absolute atomic E-state index is 12.9. The summed E-state index contributed by atoms with van der Waals surface area (Å²) in [6.07, 6.45) is 2.21. The van der Waals surface area contributed by atoms with Gasteiger partial charge in [0.25, 0.3) is 0 Å². The van der Waals surface area contributed by atoms with Gasteiger partial charge in [-0.3, -0.25) is 15.0 Å². The molecule has 0 radical (unpaired) electrons. The van der Waals surface area contributed by atoms with Crippen LogP contribution in [0.25, 0.3) is 0 Å².